The van der Waals surface area contributed by atoms with Gasteiger partial charge in [-0.3, -0.25) is 0 Å². The SMILES string of the molecule is Cc1cc(NCC(C)C)nc(Nc2ccc(Cl)c(Cl)c2)n1. The zero-order chi connectivity index (χ0) is 15.4. The van der Waals surface area contributed by atoms with E-state index in [4.69, 9.17) is 23.2 Å². The lowest BCUT2D eigenvalue weighted by Crippen LogP contribution is -2.10. The van der Waals surface area contributed by atoms with Crippen molar-refractivity contribution in [2.45, 2.75) is 20.8 Å². The first-order chi connectivity index (χ1) is 9.94. The molecule has 0 amide bonds. The Bertz CT molecular complexity index is 629. The third kappa shape index (κ3) is 4.76. The smallest absolute Gasteiger partial charge is 0.229 e. The molecule has 21 heavy (non-hydrogen) atoms. The van der Waals surface area contributed by atoms with Crippen LogP contribution in [0.15, 0.2) is 24.3 Å². The summed E-state index contributed by atoms with van der Waals surface area (Å²) in [6, 6.07) is 7.24. The molecule has 2 rings (SSSR count). The van der Waals surface area contributed by atoms with E-state index in [9.17, 15) is 0 Å². The van der Waals surface area contributed by atoms with Gasteiger partial charge in [-0.05, 0) is 31.0 Å². The second kappa shape index (κ2) is 6.96. The second-order valence-corrected chi connectivity index (χ2v) is 6.06. The van der Waals surface area contributed by atoms with E-state index < -0.39 is 0 Å². The van der Waals surface area contributed by atoms with Crippen LogP contribution in [-0.2, 0) is 0 Å². The van der Waals surface area contributed by atoms with Crippen molar-refractivity contribution in [2.75, 3.05) is 17.2 Å². The summed E-state index contributed by atoms with van der Waals surface area (Å²) in [5.74, 6) is 1.88. The van der Waals surface area contributed by atoms with Gasteiger partial charge in [0.25, 0.3) is 0 Å². The topological polar surface area (TPSA) is 49.8 Å². The molecule has 0 unspecified atom stereocenters. The fraction of sp³-hybridized carbons (Fsp3) is 0.333. The highest BCUT2D eigenvalue weighted by Gasteiger charge is 2.05. The summed E-state index contributed by atoms with van der Waals surface area (Å²) in [7, 11) is 0. The van der Waals surface area contributed by atoms with E-state index in [0.29, 0.717) is 21.9 Å². The van der Waals surface area contributed by atoms with Crippen LogP contribution < -0.4 is 10.6 Å². The van der Waals surface area contributed by atoms with Crippen molar-refractivity contribution in [3.8, 4) is 0 Å². The maximum atomic E-state index is 6.00. The summed E-state index contributed by atoms with van der Waals surface area (Å²) in [4.78, 5) is 8.81. The van der Waals surface area contributed by atoms with Crippen LogP contribution in [0.2, 0.25) is 10.0 Å². The van der Waals surface area contributed by atoms with Gasteiger partial charge in [0.1, 0.15) is 5.82 Å². The van der Waals surface area contributed by atoms with Gasteiger partial charge in [-0.15, -0.1) is 0 Å². The van der Waals surface area contributed by atoms with Crippen LogP contribution in [0.4, 0.5) is 17.5 Å². The zero-order valence-corrected chi connectivity index (χ0v) is 13.8. The number of halogens is 2. The van der Waals surface area contributed by atoms with E-state index in [-0.39, 0.29) is 0 Å². The molecule has 0 aliphatic rings. The van der Waals surface area contributed by atoms with Gasteiger partial charge >= 0.3 is 0 Å². The predicted molar refractivity (Wildman–Crippen MR) is 89.8 cm³/mol. The highest BCUT2D eigenvalue weighted by Crippen LogP contribution is 2.26. The van der Waals surface area contributed by atoms with E-state index in [1.807, 2.05) is 19.1 Å². The molecule has 0 aliphatic carbocycles. The number of nitrogens with zero attached hydrogens (tertiary/aromatic N) is 2. The number of aryl methyl sites for hydroxylation is 1. The molecule has 0 saturated heterocycles. The lowest BCUT2D eigenvalue weighted by Gasteiger charge is -2.11. The molecule has 6 heteroatoms. The molecule has 0 spiro atoms. The van der Waals surface area contributed by atoms with Crippen molar-refractivity contribution < 1.29 is 0 Å². The number of hydrogen-bond acceptors (Lipinski definition) is 4. The molecule has 0 fully saturated rings. The summed E-state index contributed by atoms with van der Waals surface area (Å²) in [6.07, 6.45) is 0. The third-order valence-electron chi connectivity index (χ3n) is 2.72. The molecule has 0 bridgehead atoms. The fourth-order valence-electron chi connectivity index (χ4n) is 1.73. The minimum atomic E-state index is 0.493. The summed E-state index contributed by atoms with van der Waals surface area (Å²) in [5, 5.41) is 7.44. The monoisotopic (exact) mass is 324 g/mol. The normalized spacial score (nSPS) is 10.8. The van der Waals surface area contributed by atoms with Gasteiger partial charge in [0.2, 0.25) is 5.95 Å². The third-order valence-corrected chi connectivity index (χ3v) is 3.46. The van der Waals surface area contributed by atoms with Crippen molar-refractivity contribution in [3.05, 3.63) is 40.0 Å². The zero-order valence-electron chi connectivity index (χ0n) is 12.2. The van der Waals surface area contributed by atoms with Crippen LogP contribution in [0.5, 0.6) is 0 Å². The quantitative estimate of drug-likeness (QED) is 0.820. The Morgan fingerprint density at radius 1 is 1.10 bits per heavy atom. The molecule has 0 atom stereocenters. The van der Waals surface area contributed by atoms with Gasteiger partial charge in [0, 0.05) is 24.0 Å². The van der Waals surface area contributed by atoms with Crippen LogP contribution in [0, 0.1) is 12.8 Å². The highest BCUT2D eigenvalue weighted by atomic mass is 35.5. The molecule has 112 valence electrons. The molecule has 4 nitrogen and oxygen atoms in total. The summed E-state index contributed by atoms with van der Waals surface area (Å²) in [6.45, 7) is 7.09. The Balaban J connectivity index is 2.17. The first-order valence-electron chi connectivity index (χ1n) is 6.75. The Morgan fingerprint density at radius 2 is 1.86 bits per heavy atom. The van der Waals surface area contributed by atoms with Gasteiger partial charge in [-0.1, -0.05) is 37.0 Å². The van der Waals surface area contributed by atoms with E-state index in [0.717, 1.165) is 23.7 Å². The van der Waals surface area contributed by atoms with Crippen molar-refractivity contribution in [2.24, 2.45) is 5.92 Å². The Morgan fingerprint density at radius 3 is 2.52 bits per heavy atom. The van der Waals surface area contributed by atoms with E-state index in [1.54, 1.807) is 12.1 Å². The van der Waals surface area contributed by atoms with Gasteiger partial charge in [-0.25, -0.2) is 4.98 Å². The predicted octanol–water partition coefficient (Wildman–Crippen LogP) is 4.90. The van der Waals surface area contributed by atoms with Crippen LogP contribution in [0.1, 0.15) is 19.5 Å². The molecular weight excluding hydrogens is 307 g/mol. The lowest BCUT2D eigenvalue weighted by molar-refractivity contribution is 0.687. The number of rotatable bonds is 5. The molecule has 0 aliphatic heterocycles. The van der Waals surface area contributed by atoms with Crippen LogP contribution >= 0.6 is 23.2 Å². The Hall–Kier alpha value is -1.52. The lowest BCUT2D eigenvalue weighted by atomic mass is 10.2. The van der Waals surface area contributed by atoms with Crippen LogP contribution in [-0.4, -0.2) is 16.5 Å². The average molecular weight is 325 g/mol. The first-order valence-corrected chi connectivity index (χ1v) is 7.51. The van der Waals surface area contributed by atoms with Gasteiger partial charge in [0.15, 0.2) is 0 Å². The van der Waals surface area contributed by atoms with Crippen molar-refractivity contribution in [3.63, 3.8) is 0 Å². The maximum Gasteiger partial charge on any atom is 0.229 e. The summed E-state index contributed by atoms with van der Waals surface area (Å²) in [5.41, 5.74) is 1.68. The average Bonchev–Trinajstić information content (AvgIpc) is 2.40. The van der Waals surface area contributed by atoms with Gasteiger partial charge < -0.3 is 10.6 Å². The fourth-order valence-corrected chi connectivity index (χ4v) is 2.02. The second-order valence-electron chi connectivity index (χ2n) is 5.25. The molecule has 1 heterocycles. The van der Waals surface area contributed by atoms with E-state index in [2.05, 4.69) is 34.4 Å². The number of nitrogens with one attached hydrogen (secondary N) is 2. The highest BCUT2D eigenvalue weighted by molar-refractivity contribution is 6.42. The summed E-state index contributed by atoms with van der Waals surface area (Å²) < 4.78 is 0. The Kier molecular flexibility index (Phi) is 5.26. The van der Waals surface area contributed by atoms with Crippen molar-refractivity contribution in [1.29, 1.82) is 0 Å². The van der Waals surface area contributed by atoms with Gasteiger partial charge in [0.05, 0.1) is 10.0 Å². The van der Waals surface area contributed by atoms with E-state index in [1.165, 1.54) is 0 Å². The standard InChI is InChI=1S/C15H18Cl2N4/c1-9(2)8-18-14-6-10(3)19-15(21-14)20-11-4-5-12(16)13(17)7-11/h4-7,9H,8H2,1-3H3,(H2,18,19,20,21). The van der Waals surface area contributed by atoms with Crippen molar-refractivity contribution in [1.82, 2.24) is 9.97 Å². The first kappa shape index (κ1) is 15.9. The summed E-state index contributed by atoms with van der Waals surface area (Å²) >= 11 is 11.9. The molecule has 2 N–H and O–H groups in total. The molecule has 0 saturated carbocycles. The molecule has 1 aromatic carbocycles. The number of benzene rings is 1. The molecule has 2 aromatic rings. The van der Waals surface area contributed by atoms with Crippen LogP contribution in [0.25, 0.3) is 0 Å². The Labute approximate surface area is 134 Å². The van der Waals surface area contributed by atoms with E-state index >= 15 is 0 Å². The molecule has 1 aromatic heterocycles. The number of hydrogen-bond donors (Lipinski definition) is 2. The van der Waals surface area contributed by atoms with Crippen LogP contribution in [0.3, 0.4) is 0 Å². The molecular formula is C15H18Cl2N4. The minimum absolute atomic E-state index is 0.493. The minimum Gasteiger partial charge on any atom is -0.370 e. The van der Waals surface area contributed by atoms with Crippen molar-refractivity contribution >= 4 is 40.7 Å². The van der Waals surface area contributed by atoms with Gasteiger partial charge in [-0.2, -0.15) is 4.98 Å². The largest absolute Gasteiger partial charge is 0.370 e. The maximum absolute atomic E-state index is 6.00. The molecule has 0 radical (unpaired) electrons. The number of anilines is 3. The number of aromatic nitrogens is 2.